The van der Waals surface area contributed by atoms with E-state index < -0.39 is 0 Å². The monoisotopic (exact) mass is 582 g/mol. The van der Waals surface area contributed by atoms with Gasteiger partial charge in [0.2, 0.25) is 0 Å². The highest BCUT2D eigenvalue weighted by atomic mass is 35.5. The Labute approximate surface area is 255 Å². The summed E-state index contributed by atoms with van der Waals surface area (Å²) in [5.41, 5.74) is 9.52. The molecule has 6 nitrogen and oxygen atoms in total. The van der Waals surface area contributed by atoms with Crippen molar-refractivity contribution in [3.63, 3.8) is 0 Å². The molecule has 4 aromatic rings. The molecule has 0 saturated carbocycles. The number of fused-ring (bicyclic) bond motifs is 1. The summed E-state index contributed by atoms with van der Waals surface area (Å²) in [4.78, 5) is 9.73. The van der Waals surface area contributed by atoms with Crippen molar-refractivity contribution >= 4 is 28.2 Å². The number of allylic oxidation sites excluding steroid dienone is 4. The zero-order valence-electron chi connectivity index (χ0n) is 25.4. The van der Waals surface area contributed by atoms with Crippen molar-refractivity contribution in [3.8, 4) is 0 Å². The summed E-state index contributed by atoms with van der Waals surface area (Å²) in [7, 11) is 2.10. The van der Waals surface area contributed by atoms with Crippen molar-refractivity contribution in [2.75, 3.05) is 6.54 Å². The first-order valence-electron chi connectivity index (χ1n) is 15.3. The molecule has 1 aliphatic carbocycles. The largest absolute Gasteiger partial charge is 0.391 e. The maximum Gasteiger partial charge on any atom is 0.0945 e. The van der Waals surface area contributed by atoms with Crippen LogP contribution in [0.1, 0.15) is 79.9 Å². The number of hydrogen-bond acceptors (Lipinski definition) is 4. The van der Waals surface area contributed by atoms with Crippen molar-refractivity contribution in [2.24, 2.45) is 13.0 Å². The first-order chi connectivity index (χ1) is 20.4. The van der Waals surface area contributed by atoms with Crippen LogP contribution in [0.5, 0.6) is 0 Å². The van der Waals surface area contributed by atoms with Gasteiger partial charge in [0, 0.05) is 60.6 Å². The van der Waals surface area contributed by atoms with E-state index in [0.29, 0.717) is 5.92 Å². The standard InChI is InChI=1S/C35H43ClN6/c1-6-10-26(15-17-37-8-3)33(32-22-38-23-41(32)5)27-19-24(4)35-30(21-27)34(36)29(31(7-2)40-35)20-25-11-13-28(14-12-25)42-18-9-16-39-42/h8-9,11,13,16,18-19,21-23,26,33,37H,3,6-7,10,12,14-15,17,20H2,1-2,4-5H3. The van der Waals surface area contributed by atoms with Crippen LogP contribution in [0, 0.1) is 12.8 Å². The van der Waals surface area contributed by atoms with Crippen LogP contribution in [0.4, 0.5) is 0 Å². The molecule has 0 fully saturated rings. The van der Waals surface area contributed by atoms with E-state index in [1.165, 1.54) is 28.1 Å². The molecular weight excluding hydrogens is 540 g/mol. The number of aromatic nitrogens is 5. The maximum atomic E-state index is 7.37. The summed E-state index contributed by atoms with van der Waals surface area (Å²) in [6.07, 6.45) is 20.9. The lowest BCUT2D eigenvalue weighted by atomic mass is 9.78. The zero-order chi connectivity index (χ0) is 29.6. The number of pyridine rings is 1. The molecule has 2 atom stereocenters. The summed E-state index contributed by atoms with van der Waals surface area (Å²) < 4.78 is 4.12. The molecule has 7 heteroatoms. The summed E-state index contributed by atoms with van der Waals surface area (Å²) >= 11 is 7.37. The van der Waals surface area contributed by atoms with Gasteiger partial charge in [-0.1, -0.05) is 56.2 Å². The number of benzene rings is 1. The van der Waals surface area contributed by atoms with Crippen molar-refractivity contribution in [3.05, 3.63) is 107 Å². The fourth-order valence-electron chi connectivity index (χ4n) is 6.51. The van der Waals surface area contributed by atoms with E-state index in [0.717, 1.165) is 78.7 Å². The lowest BCUT2D eigenvalue weighted by molar-refractivity contribution is 0.388. The lowest BCUT2D eigenvalue weighted by Crippen LogP contribution is -2.21. The third kappa shape index (κ3) is 6.24. The van der Waals surface area contributed by atoms with Gasteiger partial charge in [0.15, 0.2) is 0 Å². The summed E-state index contributed by atoms with van der Waals surface area (Å²) in [5, 5.41) is 9.61. The van der Waals surface area contributed by atoms with Crippen molar-refractivity contribution in [1.29, 1.82) is 0 Å². The first-order valence-corrected chi connectivity index (χ1v) is 15.6. The van der Waals surface area contributed by atoms with Gasteiger partial charge in [-0.25, -0.2) is 9.67 Å². The smallest absolute Gasteiger partial charge is 0.0945 e. The molecule has 0 bridgehead atoms. The van der Waals surface area contributed by atoms with E-state index in [9.17, 15) is 0 Å². The molecule has 1 aromatic carbocycles. The Balaban J connectivity index is 1.58. The van der Waals surface area contributed by atoms with Gasteiger partial charge in [0.1, 0.15) is 0 Å². The molecular formula is C35H43ClN6. The minimum Gasteiger partial charge on any atom is -0.391 e. The fourth-order valence-corrected chi connectivity index (χ4v) is 6.83. The molecule has 1 N–H and O–H groups in total. The first kappa shape index (κ1) is 29.8. The lowest BCUT2D eigenvalue weighted by Gasteiger charge is -2.29. The quantitative estimate of drug-likeness (QED) is 0.162. The number of rotatable bonds is 13. The Morgan fingerprint density at radius 2 is 2.02 bits per heavy atom. The number of imidazole rings is 1. The zero-order valence-corrected chi connectivity index (χ0v) is 26.2. The van der Waals surface area contributed by atoms with Gasteiger partial charge in [-0.3, -0.25) is 4.98 Å². The number of nitrogens with zero attached hydrogens (tertiary/aromatic N) is 5. The van der Waals surface area contributed by atoms with Gasteiger partial charge >= 0.3 is 0 Å². The SMILES string of the molecule is C=CNCCC(CCC)C(c1cc(C)c2nc(CC)c(CC3=CC=C(n4cccn4)CC3)c(Cl)c2c1)c1cncn1C. The van der Waals surface area contributed by atoms with Crippen molar-refractivity contribution in [1.82, 2.24) is 29.6 Å². The molecule has 0 amide bonds. The van der Waals surface area contributed by atoms with E-state index >= 15 is 0 Å². The van der Waals surface area contributed by atoms with Crippen LogP contribution in [0.25, 0.3) is 16.6 Å². The molecule has 5 rings (SSSR count). The van der Waals surface area contributed by atoms with E-state index in [1.54, 1.807) is 6.20 Å². The summed E-state index contributed by atoms with van der Waals surface area (Å²) in [6, 6.07) is 6.61. The van der Waals surface area contributed by atoms with Crippen LogP contribution in [0.15, 0.2) is 73.6 Å². The third-order valence-electron chi connectivity index (χ3n) is 8.64. The van der Waals surface area contributed by atoms with E-state index in [4.69, 9.17) is 16.6 Å². The van der Waals surface area contributed by atoms with Crippen molar-refractivity contribution < 1.29 is 0 Å². The van der Waals surface area contributed by atoms with Crippen molar-refractivity contribution in [2.45, 2.75) is 71.6 Å². The van der Waals surface area contributed by atoms with Crippen LogP contribution in [-0.4, -0.2) is 30.9 Å². The Bertz CT molecular complexity index is 1590. The van der Waals surface area contributed by atoms with Gasteiger partial charge in [-0.2, -0.15) is 5.10 Å². The molecule has 220 valence electrons. The minimum absolute atomic E-state index is 0.199. The van der Waals surface area contributed by atoms with E-state index in [2.05, 4.69) is 78.6 Å². The number of halogens is 1. The highest BCUT2D eigenvalue weighted by molar-refractivity contribution is 6.36. The normalized spacial score (nSPS) is 14.9. The highest BCUT2D eigenvalue weighted by Gasteiger charge is 2.28. The second-order valence-electron chi connectivity index (χ2n) is 11.5. The highest BCUT2D eigenvalue weighted by Crippen LogP contribution is 2.41. The van der Waals surface area contributed by atoms with Crippen LogP contribution in [-0.2, 0) is 19.9 Å². The van der Waals surface area contributed by atoms with Gasteiger partial charge < -0.3 is 9.88 Å². The average molecular weight is 583 g/mol. The van der Waals surface area contributed by atoms with Crippen LogP contribution in [0.2, 0.25) is 5.02 Å². The average Bonchev–Trinajstić information content (AvgIpc) is 3.68. The molecule has 1 aliphatic rings. The van der Waals surface area contributed by atoms with Gasteiger partial charge in [0.25, 0.3) is 0 Å². The fraction of sp³-hybridized carbons (Fsp3) is 0.400. The second-order valence-corrected chi connectivity index (χ2v) is 11.8. The number of hydrogen-bond donors (Lipinski definition) is 1. The topological polar surface area (TPSA) is 60.6 Å². The molecule has 0 aliphatic heterocycles. The molecule has 0 spiro atoms. The molecule has 3 heterocycles. The molecule has 2 unspecified atom stereocenters. The van der Waals surface area contributed by atoms with Gasteiger partial charge in [-0.05, 0) is 92.5 Å². The van der Waals surface area contributed by atoms with Crippen LogP contribution < -0.4 is 5.32 Å². The molecule has 0 radical (unpaired) electrons. The molecule has 0 saturated heterocycles. The Kier molecular flexibility index (Phi) is 9.63. The summed E-state index contributed by atoms with van der Waals surface area (Å²) in [6.45, 7) is 11.4. The van der Waals surface area contributed by atoms with Crippen LogP contribution >= 0.6 is 11.6 Å². The van der Waals surface area contributed by atoms with E-state index in [-0.39, 0.29) is 5.92 Å². The van der Waals surface area contributed by atoms with E-state index in [1.807, 2.05) is 35.7 Å². The minimum atomic E-state index is 0.199. The van der Waals surface area contributed by atoms with Gasteiger partial charge in [0.05, 0.1) is 16.9 Å². The number of aryl methyl sites for hydroxylation is 3. The number of nitrogens with one attached hydrogen (secondary N) is 1. The maximum absolute atomic E-state index is 7.37. The second kappa shape index (κ2) is 13.6. The summed E-state index contributed by atoms with van der Waals surface area (Å²) in [5.74, 6) is 0.642. The van der Waals surface area contributed by atoms with Gasteiger partial charge in [-0.15, -0.1) is 0 Å². The Morgan fingerprint density at radius 1 is 1.17 bits per heavy atom. The van der Waals surface area contributed by atoms with Crippen LogP contribution in [0.3, 0.4) is 0 Å². The Morgan fingerprint density at radius 3 is 2.67 bits per heavy atom. The molecule has 3 aromatic heterocycles. The third-order valence-corrected chi connectivity index (χ3v) is 9.07. The Hall–Kier alpha value is -3.64. The molecule has 42 heavy (non-hydrogen) atoms. The predicted octanol–water partition coefficient (Wildman–Crippen LogP) is 8.16. The predicted molar refractivity (Wildman–Crippen MR) is 175 cm³/mol.